The molecule has 0 spiro atoms. The summed E-state index contributed by atoms with van der Waals surface area (Å²) in [7, 11) is 1.67. The van der Waals surface area contributed by atoms with Crippen molar-refractivity contribution >= 4 is 29.3 Å². The molecule has 3 aromatic rings. The highest BCUT2D eigenvalue weighted by Gasteiger charge is 2.35. The lowest BCUT2D eigenvalue weighted by atomic mass is 9.86. The summed E-state index contributed by atoms with van der Waals surface area (Å²) >= 11 is 6.15. The summed E-state index contributed by atoms with van der Waals surface area (Å²) in [4.78, 5) is 25.5. The number of benzene rings is 3. The predicted octanol–water partition coefficient (Wildman–Crippen LogP) is 7.09. The van der Waals surface area contributed by atoms with Crippen LogP contribution in [0.4, 0.5) is 10.5 Å². The number of para-hydroxylation sites is 1. The van der Waals surface area contributed by atoms with Crippen LogP contribution in [-0.4, -0.2) is 68.1 Å². The third-order valence-electron chi connectivity index (χ3n) is 8.34. The Morgan fingerprint density at radius 2 is 1.82 bits per heavy atom. The van der Waals surface area contributed by atoms with Crippen LogP contribution in [0.2, 0.25) is 5.02 Å². The topological polar surface area (TPSA) is 107 Å². The first-order valence-corrected chi connectivity index (χ1v) is 15.9. The number of rotatable bonds is 14. The van der Waals surface area contributed by atoms with Crippen molar-refractivity contribution in [2.45, 2.75) is 56.7 Å². The van der Waals surface area contributed by atoms with E-state index in [1.54, 1.807) is 13.2 Å². The van der Waals surface area contributed by atoms with Crippen LogP contribution < -0.4 is 14.8 Å². The van der Waals surface area contributed by atoms with E-state index in [1.165, 1.54) is 4.90 Å². The molecule has 0 bridgehead atoms. The maximum absolute atomic E-state index is 12.1. The summed E-state index contributed by atoms with van der Waals surface area (Å²) in [6.07, 6.45) is 2.42. The molecule has 0 radical (unpaired) electrons. The standard InChI is InChI=1S/C35H41ClN2O7/c1-42-19-4-8-31(26-10-9-25-13-16-34(39)37-30(25)22-26)45-33-23-38(35(40)41)18-17-28(33)24-11-14-27(15-12-24)43-20-5-21-44-32-7-3-2-6-29(32)36/h2-3,6-7,9-12,14-15,22,28,31,33H,4-5,8,13,16-21,23H2,1H3,(H,37,39)(H,40,41). The van der Waals surface area contributed by atoms with E-state index in [2.05, 4.69) is 17.4 Å². The molecule has 3 aromatic carbocycles. The summed E-state index contributed by atoms with van der Waals surface area (Å²) in [6, 6.07) is 21.5. The number of aryl methyl sites for hydroxylation is 1. The van der Waals surface area contributed by atoms with E-state index in [0.29, 0.717) is 69.2 Å². The Morgan fingerprint density at radius 3 is 2.60 bits per heavy atom. The number of amides is 2. The number of piperidine rings is 1. The number of nitrogens with one attached hydrogen (secondary N) is 1. The Kier molecular flexibility index (Phi) is 11.6. The summed E-state index contributed by atoms with van der Waals surface area (Å²) in [5.41, 5.74) is 3.97. The molecule has 9 nitrogen and oxygen atoms in total. The fourth-order valence-corrected chi connectivity index (χ4v) is 6.13. The van der Waals surface area contributed by atoms with Crippen LogP contribution in [0.5, 0.6) is 11.5 Å². The van der Waals surface area contributed by atoms with Crippen LogP contribution >= 0.6 is 11.6 Å². The van der Waals surface area contributed by atoms with E-state index < -0.39 is 6.09 Å². The van der Waals surface area contributed by atoms with Crippen LogP contribution in [0.3, 0.4) is 0 Å². The zero-order valence-corrected chi connectivity index (χ0v) is 26.3. The molecule has 0 aromatic heterocycles. The number of likely N-dealkylation sites (tertiary alicyclic amines) is 1. The first-order chi connectivity index (χ1) is 21.9. The number of hydrogen-bond acceptors (Lipinski definition) is 6. The van der Waals surface area contributed by atoms with Crippen molar-refractivity contribution in [3.63, 3.8) is 0 Å². The Balaban J connectivity index is 1.25. The number of carbonyl (C=O) groups excluding carboxylic acids is 1. The number of hydrogen-bond donors (Lipinski definition) is 2. The molecule has 2 N–H and O–H groups in total. The van der Waals surface area contributed by atoms with Gasteiger partial charge in [0.2, 0.25) is 5.91 Å². The Bertz CT molecular complexity index is 1430. The molecule has 240 valence electrons. The molecule has 45 heavy (non-hydrogen) atoms. The van der Waals surface area contributed by atoms with Crippen LogP contribution in [0, 0.1) is 0 Å². The van der Waals surface area contributed by atoms with E-state index in [0.717, 1.165) is 34.5 Å². The lowest BCUT2D eigenvalue weighted by molar-refractivity contribution is -0.116. The van der Waals surface area contributed by atoms with E-state index in [-0.39, 0.29) is 30.6 Å². The van der Waals surface area contributed by atoms with Gasteiger partial charge in [0.1, 0.15) is 11.5 Å². The molecule has 2 heterocycles. The summed E-state index contributed by atoms with van der Waals surface area (Å²) in [6.45, 7) is 2.28. The largest absolute Gasteiger partial charge is 0.493 e. The molecule has 0 saturated carbocycles. The van der Waals surface area contributed by atoms with Gasteiger partial charge in [0.25, 0.3) is 0 Å². The highest BCUT2D eigenvalue weighted by atomic mass is 35.5. The lowest BCUT2D eigenvalue weighted by Gasteiger charge is -2.39. The number of carbonyl (C=O) groups is 2. The van der Waals surface area contributed by atoms with Gasteiger partial charge in [-0.3, -0.25) is 4.79 Å². The minimum atomic E-state index is -0.947. The van der Waals surface area contributed by atoms with Gasteiger partial charge in [-0.05, 0) is 72.7 Å². The molecule has 2 aliphatic heterocycles. The van der Waals surface area contributed by atoms with E-state index in [4.69, 9.17) is 30.5 Å². The average Bonchev–Trinajstić information content (AvgIpc) is 3.05. The second-order valence-electron chi connectivity index (χ2n) is 11.4. The first kappa shape index (κ1) is 32.6. The zero-order valence-electron chi connectivity index (χ0n) is 25.6. The fraction of sp³-hybridized carbons (Fsp3) is 0.429. The smallest absolute Gasteiger partial charge is 0.407 e. The normalized spacial score (nSPS) is 18.5. The SMILES string of the molecule is COCCCC(OC1CN(C(=O)O)CCC1c1ccc(OCCCOc2ccccc2Cl)cc1)c1ccc2c(c1)NC(=O)CC2. The second kappa shape index (κ2) is 16.0. The molecule has 3 atom stereocenters. The number of anilines is 1. The van der Waals surface area contributed by atoms with Crippen LogP contribution in [0.15, 0.2) is 66.7 Å². The monoisotopic (exact) mass is 636 g/mol. The van der Waals surface area contributed by atoms with Crippen LogP contribution in [0.1, 0.15) is 60.8 Å². The third kappa shape index (κ3) is 8.90. The van der Waals surface area contributed by atoms with Gasteiger partial charge in [-0.1, -0.05) is 48.0 Å². The van der Waals surface area contributed by atoms with Crippen molar-refractivity contribution < 1.29 is 33.6 Å². The molecule has 1 fully saturated rings. The number of ether oxygens (including phenoxy) is 4. The molecule has 10 heteroatoms. The van der Waals surface area contributed by atoms with Gasteiger partial charge in [-0.25, -0.2) is 4.79 Å². The maximum Gasteiger partial charge on any atom is 0.407 e. The van der Waals surface area contributed by atoms with Gasteiger partial charge in [0, 0.05) is 44.7 Å². The van der Waals surface area contributed by atoms with Gasteiger partial charge < -0.3 is 34.3 Å². The minimum Gasteiger partial charge on any atom is -0.493 e. The van der Waals surface area contributed by atoms with Crippen molar-refractivity contribution in [3.05, 3.63) is 88.4 Å². The van der Waals surface area contributed by atoms with Crippen molar-refractivity contribution in [1.29, 1.82) is 0 Å². The fourth-order valence-electron chi connectivity index (χ4n) is 5.94. The molecule has 2 amide bonds. The van der Waals surface area contributed by atoms with Crippen molar-refractivity contribution in [3.8, 4) is 11.5 Å². The molecular weight excluding hydrogens is 596 g/mol. The van der Waals surface area contributed by atoms with Gasteiger partial charge >= 0.3 is 6.09 Å². The van der Waals surface area contributed by atoms with Crippen LogP contribution in [-0.2, 0) is 20.7 Å². The summed E-state index contributed by atoms with van der Waals surface area (Å²) < 4.78 is 23.8. The summed E-state index contributed by atoms with van der Waals surface area (Å²) in [5, 5.41) is 13.4. The van der Waals surface area contributed by atoms with E-state index in [1.807, 2.05) is 48.5 Å². The summed E-state index contributed by atoms with van der Waals surface area (Å²) in [5.74, 6) is 1.43. The zero-order chi connectivity index (χ0) is 31.6. The number of nitrogens with zero attached hydrogens (tertiary/aromatic N) is 1. The van der Waals surface area contributed by atoms with E-state index in [9.17, 15) is 14.7 Å². The number of methoxy groups -OCH3 is 1. The highest BCUT2D eigenvalue weighted by Crippen LogP contribution is 2.37. The van der Waals surface area contributed by atoms with Gasteiger partial charge in [-0.15, -0.1) is 0 Å². The van der Waals surface area contributed by atoms with Gasteiger partial charge in [0.15, 0.2) is 0 Å². The first-order valence-electron chi connectivity index (χ1n) is 15.6. The maximum atomic E-state index is 12.1. The quantitative estimate of drug-likeness (QED) is 0.182. The molecule has 1 saturated heterocycles. The predicted molar refractivity (Wildman–Crippen MR) is 173 cm³/mol. The van der Waals surface area contributed by atoms with Crippen molar-refractivity contribution in [2.24, 2.45) is 0 Å². The Hall–Kier alpha value is -3.79. The Labute approximate surface area is 269 Å². The third-order valence-corrected chi connectivity index (χ3v) is 8.66. The average molecular weight is 637 g/mol. The second-order valence-corrected chi connectivity index (χ2v) is 11.8. The number of fused-ring (bicyclic) bond motifs is 1. The molecule has 3 unspecified atom stereocenters. The highest BCUT2D eigenvalue weighted by molar-refractivity contribution is 6.32. The van der Waals surface area contributed by atoms with E-state index >= 15 is 0 Å². The van der Waals surface area contributed by atoms with Gasteiger partial charge in [-0.2, -0.15) is 0 Å². The number of halogens is 1. The van der Waals surface area contributed by atoms with Crippen LogP contribution in [0.25, 0.3) is 0 Å². The molecule has 2 aliphatic rings. The molecular formula is C35H41ClN2O7. The van der Waals surface area contributed by atoms with Crippen molar-refractivity contribution in [1.82, 2.24) is 4.90 Å². The Morgan fingerprint density at radius 1 is 1.02 bits per heavy atom. The van der Waals surface area contributed by atoms with Gasteiger partial charge in [0.05, 0.1) is 37.0 Å². The molecule has 5 rings (SSSR count). The minimum absolute atomic E-state index is 0.000858. The van der Waals surface area contributed by atoms with Crippen molar-refractivity contribution in [2.75, 3.05) is 45.3 Å². The lowest BCUT2D eigenvalue weighted by Crippen LogP contribution is -2.46. The molecule has 0 aliphatic carbocycles. The number of carboxylic acid groups (broad SMARTS) is 1.